The van der Waals surface area contributed by atoms with Crippen molar-refractivity contribution in [2.24, 2.45) is 0 Å². The van der Waals surface area contributed by atoms with Crippen LogP contribution in [0, 0.1) is 6.92 Å². The summed E-state index contributed by atoms with van der Waals surface area (Å²) in [7, 11) is 0. The van der Waals surface area contributed by atoms with Crippen molar-refractivity contribution in [1.29, 1.82) is 0 Å². The topological polar surface area (TPSA) is 49.4 Å². The third-order valence-corrected chi connectivity index (χ3v) is 3.94. The third-order valence-electron chi connectivity index (χ3n) is 3.94. The van der Waals surface area contributed by atoms with Gasteiger partial charge < -0.3 is 10.2 Å². The van der Waals surface area contributed by atoms with Crippen LogP contribution in [0.5, 0.6) is 0 Å². The van der Waals surface area contributed by atoms with Crippen LogP contribution in [0.2, 0.25) is 0 Å². The van der Waals surface area contributed by atoms with Crippen LogP contribution in [-0.4, -0.2) is 28.8 Å². The van der Waals surface area contributed by atoms with E-state index in [0.717, 1.165) is 12.0 Å². The maximum absolute atomic E-state index is 12.7. The van der Waals surface area contributed by atoms with Crippen LogP contribution in [-0.2, 0) is 16.1 Å². The summed E-state index contributed by atoms with van der Waals surface area (Å²) in [6.07, 6.45) is 1.95. The number of benzene rings is 1. The molecule has 0 aliphatic carbocycles. The Morgan fingerprint density at radius 1 is 1.33 bits per heavy atom. The number of aryl methyl sites for hydroxylation is 1. The summed E-state index contributed by atoms with van der Waals surface area (Å²) >= 11 is 0. The second-order valence-electron chi connectivity index (χ2n) is 5.92. The highest BCUT2D eigenvalue weighted by Gasteiger charge is 2.33. The molecule has 1 saturated heterocycles. The molecule has 1 fully saturated rings. The second-order valence-corrected chi connectivity index (χ2v) is 5.92. The minimum Gasteiger partial charge on any atom is -0.344 e. The van der Waals surface area contributed by atoms with Crippen LogP contribution in [0.4, 0.5) is 0 Å². The van der Waals surface area contributed by atoms with Crippen molar-refractivity contribution in [3.05, 3.63) is 35.4 Å². The maximum Gasteiger partial charge on any atom is 0.245 e. The average Bonchev–Trinajstić information content (AvgIpc) is 2.51. The van der Waals surface area contributed by atoms with Crippen LogP contribution in [0.25, 0.3) is 0 Å². The quantitative estimate of drug-likeness (QED) is 0.925. The van der Waals surface area contributed by atoms with Gasteiger partial charge in [-0.1, -0.05) is 43.2 Å². The molecular weight excluding hydrogens is 264 g/mol. The number of nitrogens with one attached hydrogen (secondary N) is 1. The minimum atomic E-state index is -0.378. The fraction of sp³-hybridized carbons (Fsp3) is 0.529. The Hall–Kier alpha value is -1.84. The van der Waals surface area contributed by atoms with Gasteiger partial charge in [0.05, 0.1) is 0 Å². The van der Waals surface area contributed by atoms with Gasteiger partial charge in [0.2, 0.25) is 11.8 Å². The summed E-state index contributed by atoms with van der Waals surface area (Å²) in [4.78, 5) is 26.4. The Labute approximate surface area is 126 Å². The fourth-order valence-corrected chi connectivity index (χ4v) is 2.84. The van der Waals surface area contributed by atoms with E-state index < -0.39 is 0 Å². The summed E-state index contributed by atoms with van der Waals surface area (Å²) in [6, 6.07) is 7.72. The highest BCUT2D eigenvalue weighted by atomic mass is 16.2. The zero-order valence-electron chi connectivity index (χ0n) is 13.1. The molecule has 0 radical (unpaired) electrons. The SMILES string of the molecule is CCCC1NC(=O)CC(C)N(Cc2cccc(C)c2)C1=O. The van der Waals surface area contributed by atoms with Crippen LogP contribution in [0.3, 0.4) is 0 Å². The van der Waals surface area contributed by atoms with Gasteiger partial charge in [-0.05, 0) is 25.8 Å². The molecule has 1 aromatic carbocycles. The Kier molecular flexibility index (Phi) is 4.99. The zero-order chi connectivity index (χ0) is 15.4. The van der Waals surface area contributed by atoms with Crippen LogP contribution < -0.4 is 5.32 Å². The van der Waals surface area contributed by atoms with Crippen molar-refractivity contribution in [1.82, 2.24) is 10.2 Å². The molecule has 4 nitrogen and oxygen atoms in total. The van der Waals surface area contributed by atoms with E-state index in [-0.39, 0.29) is 23.9 Å². The van der Waals surface area contributed by atoms with E-state index in [2.05, 4.69) is 11.4 Å². The van der Waals surface area contributed by atoms with Crippen molar-refractivity contribution in [2.75, 3.05) is 0 Å². The van der Waals surface area contributed by atoms with E-state index in [9.17, 15) is 9.59 Å². The third kappa shape index (κ3) is 3.84. The first-order chi connectivity index (χ1) is 10.0. The molecule has 0 saturated carbocycles. The first-order valence-electron chi connectivity index (χ1n) is 7.66. The molecule has 2 unspecified atom stereocenters. The highest BCUT2D eigenvalue weighted by molar-refractivity contribution is 5.90. The van der Waals surface area contributed by atoms with E-state index in [1.165, 1.54) is 5.56 Å². The smallest absolute Gasteiger partial charge is 0.245 e. The first kappa shape index (κ1) is 15.5. The summed E-state index contributed by atoms with van der Waals surface area (Å²) in [6.45, 7) is 6.58. The predicted molar refractivity (Wildman–Crippen MR) is 82.6 cm³/mol. The zero-order valence-corrected chi connectivity index (χ0v) is 13.1. The van der Waals surface area contributed by atoms with Crippen molar-refractivity contribution in [3.63, 3.8) is 0 Å². The van der Waals surface area contributed by atoms with Crippen LogP contribution in [0.15, 0.2) is 24.3 Å². The van der Waals surface area contributed by atoms with Crippen molar-refractivity contribution >= 4 is 11.8 Å². The monoisotopic (exact) mass is 288 g/mol. The number of carbonyl (C=O) groups is 2. The Morgan fingerprint density at radius 3 is 2.76 bits per heavy atom. The fourth-order valence-electron chi connectivity index (χ4n) is 2.84. The Balaban J connectivity index is 2.21. The van der Waals surface area contributed by atoms with Gasteiger partial charge in [-0.3, -0.25) is 9.59 Å². The van der Waals surface area contributed by atoms with Gasteiger partial charge in [0.25, 0.3) is 0 Å². The molecule has 0 bridgehead atoms. The lowest BCUT2D eigenvalue weighted by atomic mass is 10.1. The van der Waals surface area contributed by atoms with Crippen LogP contribution >= 0.6 is 0 Å². The molecular formula is C17H24N2O2. The van der Waals surface area contributed by atoms with Crippen molar-refractivity contribution in [2.45, 2.75) is 58.7 Å². The largest absolute Gasteiger partial charge is 0.344 e. The summed E-state index contributed by atoms with van der Waals surface area (Å²) in [5.41, 5.74) is 2.29. The second kappa shape index (κ2) is 6.74. The van der Waals surface area contributed by atoms with Gasteiger partial charge in [-0.2, -0.15) is 0 Å². The molecule has 2 rings (SSSR count). The van der Waals surface area contributed by atoms with Gasteiger partial charge in [0.1, 0.15) is 6.04 Å². The van der Waals surface area contributed by atoms with E-state index in [4.69, 9.17) is 0 Å². The Morgan fingerprint density at radius 2 is 2.10 bits per heavy atom. The number of nitrogens with zero attached hydrogens (tertiary/aromatic N) is 1. The van der Waals surface area contributed by atoms with Gasteiger partial charge in [-0.15, -0.1) is 0 Å². The Bertz CT molecular complexity index is 527. The first-order valence-corrected chi connectivity index (χ1v) is 7.66. The lowest BCUT2D eigenvalue weighted by Crippen LogP contribution is -2.45. The molecule has 0 spiro atoms. The number of rotatable bonds is 4. The van der Waals surface area contributed by atoms with E-state index in [1.807, 2.05) is 43.9 Å². The average molecular weight is 288 g/mol. The molecule has 1 N–H and O–H groups in total. The van der Waals surface area contributed by atoms with E-state index >= 15 is 0 Å². The number of carbonyl (C=O) groups excluding carboxylic acids is 2. The summed E-state index contributed by atoms with van der Waals surface area (Å²) in [5, 5.41) is 2.86. The summed E-state index contributed by atoms with van der Waals surface area (Å²) in [5.74, 6) is 0.0118. The molecule has 2 atom stereocenters. The van der Waals surface area contributed by atoms with Crippen molar-refractivity contribution in [3.8, 4) is 0 Å². The van der Waals surface area contributed by atoms with Gasteiger partial charge in [0.15, 0.2) is 0 Å². The van der Waals surface area contributed by atoms with Crippen LogP contribution in [0.1, 0.15) is 44.2 Å². The number of hydrogen-bond acceptors (Lipinski definition) is 2. The minimum absolute atomic E-state index is 0.0268. The molecule has 1 aliphatic heterocycles. The van der Waals surface area contributed by atoms with Gasteiger partial charge >= 0.3 is 0 Å². The summed E-state index contributed by atoms with van der Waals surface area (Å²) < 4.78 is 0. The maximum atomic E-state index is 12.7. The molecule has 21 heavy (non-hydrogen) atoms. The molecule has 4 heteroatoms. The van der Waals surface area contributed by atoms with Crippen molar-refractivity contribution < 1.29 is 9.59 Å². The molecule has 1 aliphatic rings. The van der Waals surface area contributed by atoms with E-state index in [0.29, 0.717) is 19.4 Å². The number of amides is 2. The lowest BCUT2D eigenvalue weighted by molar-refractivity contribution is -0.135. The normalized spacial score (nSPS) is 22.9. The predicted octanol–water partition coefficient (Wildman–Crippen LogP) is 2.40. The molecule has 2 amide bonds. The number of hydrogen-bond donors (Lipinski definition) is 1. The lowest BCUT2D eigenvalue weighted by Gasteiger charge is -2.29. The molecule has 1 heterocycles. The highest BCUT2D eigenvalue weighted by Crippen LogP contribution is 2.18. The van der Waals surface area contributed by atoms with Gasteiger partial charge in [-0.25, -0.2) is 0 Å². The molecule has 114 valence electrons. The molecule has 0 aromatic heterocycles. The molecule has 1 aromatic rings. The van der Waals surface area contributed by atoms with Gasteiger partial charge in [0, 0.05) is 19.0 Å². The standard InChI is InChI=1S/C17H24N2O2/c1-4-6-15-17(21)19(13(3)10-16(20)18-15)11-14-8-5-7-12(2)9-14/h5,7-9,13,15H,4,6,10-11H2,1-3H3,(H,18,20). The van der Waals surface area contributed by atoms with E-state index in [1.54, 1.807) is 0 Å².